The van der Waals surface area contributed by atoms with Crippen molar-refractivity contribution in [3.05, 3.63) is 52.1 Å². The van der Waals surface area contributed by atoms with Gasteiger partial charge < -0.3 is 20.0 Å². The fourth-order valence-electron chi connectivity index (χ4n) is 6.10. The Kier molecular flexibility index (Phi) is 5.88. The van der Waals surface area contributed by atoms with Crippen molar-refractivity contribution in [1.29, 1.82) is 0 Å². The normalized spacial score (nSPS) is 22.2. The lowest BCUT2D eigenvalue weighted by molar-refractivity contribution is 0.0936. The fraction of sp³-hybridized carbons (Fsp3) is 0.500. The number of carbonyl (C=O) groups is 2. The number of rotatable bonds is 3. The van der Waals surface area contributed by atoms with Crippen LogP contribution < -0.4 is 4.90 Å². The number of likely N-dealkylation sites (tertiary alicyclic amines) is 1. The maximum atomic E-state index is 13.7. The number of fused-ring (bicyclic) bond motifs is 3. The summed E-state index contributed by atoms with van der Waals surface area (Å²) in [6.45, 7) is 5.24. The standard InChI is InChI=1S/C28H34N2O4/c1-16(2)27(33)21-11-18-7-5-9-30(24(18)15-26(21)32)28(34)22-12-19-10-17-6-4-8-29(3)23(17)13-20(19)14-25(22)31/h11-12,14-17,23,31-32H,4-10,13H2,1-3H3. The molecule has 3 aliphatic rings. The predicted octanol–water partition coefficient (Wildman–Crippen LogP) is 4.34. The molecule has 180 valence electrons. The molecular weight excluding hydrogens is 428 g/mol. The number of anilines is 1. The van der Waals surface area contributed by atoms with Crippen molar-refractivity contribution < 1.29 is 19.8 Å². The number of phenols is 2. The molecule has 2 heterocycles. The van der Waals surface area contributed by atoms with E-state index in [1.807, 2.05) is 19.9 Å². The van der Waals surface area contributed by atoms with Crippen LogP contribution in [0.25, 0.3) is 0 Å². The first-order valence-corrected chi connectivity index (χ1v) is 12.5. The monoisotopic (exact) mass is 462 g/mol. The maximum absolute atomic E-state index is 13.7. The Balaban J connectivity index is 1.47. The Morgan fingerprint density at radius 3 is 2.38 bits per heavy atom. The molecule has 6 nitrogen and oxygen atoms in total. The highest BCUT2D eigenvalue weighted by atomic mass is 16.3. The first-order valence-electron chi connectivity index (χ1n) is 12.5. The first kappa shape index (κ1) is 22.9. The molecule has 1 amide bonds. The molecule has 2 unspecified atom stereocenters. The lowest BCUT2D eigenvalue weighted by Gasteiger charge is -2.43. The summed E-state index contributed by atoms with van der Waals surface area (Å²) in [5.41, 5.74) is 4.43. The smallest absolute Gasteiger partial charge is 0.262 e. The Bertz CT molecular complexity index is 1160. The number of hydrogen-bond acceptors (Lipinski definition) is 5. The van der Waals surface area contributed by atoms with Crippen LogP contribution in [0.1, 0.15) is 70.5 Å². The van der Waals surface area contributed by atoms with Crippen LogP contribution in [0.5, 0.6) is 11.5 Å². The third-order valence-electron chi connectivity index (χ3n) is 8.01. The summed E-state index contributed by atoms with van der Waals surface area (Å²) in [6.07, 6.45) is 5.75. The van der Waals surface area contributed by atoms with Crippen molar-refractivity contribution in [2.45, 2.75) is 58.4 Å². The van der Waals surface area contributed by atoms with Crippen LogP contribution in [0.4, 0.5) is 5.69 Å². The molecule has 0 aromatic heterocycles. The highest BCUT2D eigenvalue weighted by Gasteiger charge is 2.35. The molecule has 2 aromatic carbocycles. The highest BCUT2D eigenvalue weighted by molar-refractivity contribution is 6.09. The molecule has 1 fully saturated rings. The summed E-state index contributed by atoms with van der Waals surface area (Å²) in [7, 11) is 2.18. The van der Waals surface area contributed by atoms with Gasteiger partial charge in [0.05, 0.1) is 16.8 Å². The SMILES string of the molecule is CC(C)C(=O)c1cc2c(cc1O)N(C(=O)c1cc3c(cc1O)CC1C(CCCN1C)C3)CCC2. The van der Waals surface area contributed by atoms with E-state index in [2.05, 4.69) is 11.9 Å². The molecule has 5 rings (SSSR count). The van der Waals surface area contributed by atoms with Crippen LogP contribution in [0, 0.1) is 11.8 Å². The number of nitrogens with zero attached hydrogens (tertiary/aromatic N) is 2. The Morgan fingerprint density at radius 2 is 1.62 bits per heavy atom. The molecule has 0 saturated carbocycles. The van der Waals surface area contributed by atoms with Gasteiger partial charge in [0, 0.05) is 24.6 Å². The van der Waals surface area contributed by atoms with Gasteiger partial charge in [0.2, 0.25) is 0 Å². The maximum Gasteiger partial charge on any atom is 0.262 e. The number of aromatic hydroxyl groups is 2. The van der Waals surface area contributed by atoms with Crippen molar-refractivity contribution in [2.75, 3.05) is 25.0 Å². The van der Waals surface area contributed by atoms with E-state index < -0.39 is 0 Å². The number of carbonyl (C=O) groups excluding carboxylic acids is 2. The number of aryl methyl sites for hydroxylation is 1. The van der Waals surface area contributed by atoms with Gasteiger partial charge in [-0.15, -0.1) is 0 Å². The van der Waals surface area contributed by atoms with E-state index in [0.717, 1.165) is 48.9 Å². The van der Waals surface area contributed by atoms with Gasteiger partial charge in [-0.3, -0.25) is 9.59 Å². The predicted molar refractivity (Wildman–Crippen MR) is 132 cm³/mol. The highest BCUT2D eigenvalue weighted by Crippen LogP contribution is 2.39. The summed E-state index contributed by atoms with van der Waals surface area (Å²) < 4.78 is 0. The lowest BCUT2D eigenvalue weighted by Crippen LogP contribution is -2.47. The number of likely N-dealkylation sites (N-methyl/N-ethyl adjacent to an activating group) is 1. The summed E-state index contributed by atoms with van der Waals surface area (Å²) in [4.78, 5) is 30.2. The zero-order chi connectivity index (χ0) is 24.1. The van der Waals surface area contributed by atoms with E-state index in [1.54, 1.807) is 23.1 Å². The van der Waals surface area contributed by atoms with Crippen molar-refractivity contribution >= 4 is 17.4 Å². The molecule has 2 atom stereocenters. The van der Waals surface area contributed by atoms with E-state index in [1.165, 1.54) is 12.8 Å². The van der Waals surface area contributed by atoms with Crippen LogP contribution in [0.3, 0.4) is 0 Å². The lowest BCUT2D eigenvalue weighted by atomic mass is 9.75. The number of ketones is 1. The molecule has 1 saturated heterocycles. The fourth-order valence-corrected chi connectivity index (χ4v) is 6.10. The molecule has 2 aliphatic heterocycles. The Morgan fingerprint density at radius 1 is 0.912 bits per heavy atom. The zero-order valence-corrected chi connectivity index (χ0v) is 20.3. The minimum absolute atomic E-state index is 0.0172. The van der Waals surface area contributed by atoms with Crippen LogP contribution in [-0.4, -0.2) is 53.0 Å². The minimum Gasteiger partial charge on any atom is -0.507 e. The van der Waals surface area contributed by atoms with Gasteiger partial charge in [-0.25, -0.2) is 0 Å². The van der Waals surface area contributed by atoms with Crippen LogP contribution in [-0.2, 0) is 19.3 Å². The summed E-state index contributed by atoms with van der Waals surface area (Å²) in [5, 5.41) is 21.4. The Labute approximate surface area is 201 Å². The number of benzene rings is 2. The second-order valence-electron chi connectivity index (χ2n) is 10.6. The molecule has 1 aliphatic carbocycles. The van der Waals surface area contributed by atoms with E-state index >= 15 is 0 Å². The van der Waals surface area contributed by atoms with E-state index in [0.29, 0.717) is 35.3 Å². The zero-order valence-electron chi connectivity index (χ0n) is 20.3. The molecule has 34 heavy (non-hydrogen) atoms. The van der Waals surface area contributed by atoms with Gasteiger partial charge in [-0.05, 0) is 92.9 Å². The molecule has 2 N–H and O–H groups in total. The molecule has 2 aromatic rings. The topological polar surface area (TPSA) is 81.1 Å². The van der Waals surface area contributed by atoms with Gasteiger partial charge in [0.15, 0.2) is 5.78 Å². The molecule has 0 bridgehead atoms. The number of phenolic OH excluding ortho intramolecular Hbond substituents is 2. The first-order chi connectivity index (χ1) is 16.2. The summed E-state index contributed by atoms with van der Waals surface area (Å²) in [6, 6.07) is 7.46. The average Bonchev–Trinajstić information content (AvgIpc) is 2.81. The summed E-state index contributed by atoms with van der Waals surface area (Å²) in [5.74, 6) is -0.0818. The second kappa shape index (κ2) is 8.73. The summed E-state index contributed by atoms with van der Waals surface area (Å²) >= 11 is 0. The van der Waals surface area contributed by atoms with Gasteiger partial charge >= 0.3 is 0 Å². The quantitative estimate of drug-likeness (QED) is 0.664. The Hall–Kier alpha value is -2.86. The third kappa shape index (κ3) is 3.88. The van der Waals surface area contributed by atoms with E-state index in [9.17, 15) is 19.8 Å². The van der Waals surface area contributed by atoms with Gasteiger partial charge in [-0.2, -0.15) is 0 Å². The van der Waals surface area contributed by atoms with E-state index in [-0.39, 0.29) is 29.1 Å². The number of Topliss-reactive ketones (excluding diaryl/α,β-unsaturated/α-hetero) is 1. The number of amides is 1. The third-order valence-corrected chi connectivity index (χ3v) is 8.01. The molecule has 0 spiro atoms. The number of hydrogen-bond donors (Lipinski definition) is 2. The van der Waals surface area contributed by atoms with E-state index in [4.69, 9.17) is 0 Å². The molecule has 0 radical (unpaired) electrons. The van der Waals surface area contributed by atoms with Gasteiger partial charge in [-0.1, -0.05) is 13.8 Å². The second-order valence-corrected chi connectivity index (χ2v) is 10.6. The minimum atomic E-state index is -0.258. The number of piperidine rings is 1. The largest absolute Gasteiger partial charge is 0.507 e. The van der Waals surface area contributed by atoms with Crippen LogP contribution >= 0.6 is 0 Å². The van der Waals surface area contributed by atoms with Crippen molar-refractivity contribution in [2.24, 2.45) is 11.8 Å². The van der Waals surface area contributed by atoms with Crippen molar-refractivity contribution in [3.63, 3.8) is 0 Å². The van der Waals surface area contributed by atoms with Crippen LogP contribution in [0.15, 0.2) is 24.3 Å². The molecular formula is C28H34N2O4. The van der Waals surface area contributed by atoms with Gasteiger partial charge in [0.25, 0.3) is 5.91 Å². The molecule has 6 heteroatoms. The van der Waals surface area contributed by atoms with Crippen molar-refractivity contribution in [3.8, 4) is 11.5 Å². The average molecular weight is 463 g/mol. The van der Waals surface area contributed by atoms with Crippen molar-refractivity contribution in [1.82, 2.24) is 4.90 Å². The van der Waals surface area contributed by atoms with Gasteiger partial charge in [0.1, 0.15) is 11.5 Å². The van der Waals surface area contributed by atoms with Crippen LogP contribution in [0.2, 0.25) is 0 Å².